The van der Waals surface area contributed by atoms with Crippen LogP contribution in [-0.2, 0) is 6.42 Å². The molecule has 1 aliphatic heterocycles. The number of benzene rings is 1. The number of carbonyl (C=O) groups is 1. The molecule has 0 bridgehead atoms. The normalized spacial score (nSPS) is 16.9. The van der Waals surface area contributed by atoms with Crippen molar-refractivity contribution in [2.24, 2.45) is 0 Å². The summed E-state index contributed by atoms with van der Waals surface area (Å²) in [5.74, 6) is 0.463. The molecule has 3 aromatic rings. The number of halogens is 1. The molecule has 27 heavy (non-hydrogen) atoms. The molecular formula is C20H20FN3O3. The van der Waals surface area contributed by atoms with Crippen molar-refractivity contribution in [3.63, 3.8) is 0 Å². The summed E-state index contributed by atoms with van der Waals surface area (Å²) < 4.78 is 23.8. The molecule has 1 saturated heterocycles. The predicted molar refractivity (Wildman–Crippen MR) is 95.5 cm³/mol. The maximum absolute atomic E-state index is 13.1. The molecule has 4 rings (SSSR count). The van der Waals surface area contributed by atoms with Crippen molar-refractivity contribution in [2.45, 2.75) is 39.2 Å². The summed E-state index contributed by atoms with van der Waals surface area (Å²) in [5, 5.41) is 8.04. The van der Waals surface area contributed by atoms with Crippen LogP contribution in [0.25, 0.3) is 11.3 Å². The van der Waals surface area contributed by atoms with Crippen LogP contribution < -0.4 is 0 Å². The molecule has 1 aliphatic rings. The molecule has 0 aliphatic carbocycles. The Hall–Kier alpha value is -2.96. The van der Waals surface area contributed by atoms with Gasteiger partial charge >= 0.3 is 0 Å². The van der Waals surface area contributed by atoms with E-state index < -0.39 is 0 Å². The van der Waals surface area contributed by atoms with Gasteiger partial charge in [0.15, 0.2) is 0 Å². The summed E-state index contributed by atoms with van der Waals surface area (Å²) in [7, 11) is 0. The summed E-state index contributed by atoms with van der Waals surface area (Å²) in [6.07, 6.45) is 2.49. The molecule has 1 fully saturated rings. The highest BCUT2D eigenvalue weighted by Crippen LogP contribution is 2.37. The number of aromatic nitrogens is 2. The lowest BCUT2D eigenvalue weighted by molar-refractivity contribution is 0.0692. The largest absolute Gasteiger partial charge is 0.361 e. The zero-order valence-corrected chi connectivity index (χ0v) is 15.2. The Morgan fingerprint density at radius 1 is 1.26 bits per heavy atom. The van der Waals surface area contributed by atoms with E-state index in [1.165, 1.54) is 12.1 Å². The van der Waals surface area contributed by atoms with Crippen LogP contribution in [-0.4, -0.2) is 27.7 Å². The second kappa shape index (κ2) is 6.98. The number of hydrogen-bond acceptors (Lipinski definition) is 5. The first-order chi connectivity index (χ1) is 13.1. The summed E-state index contributed by atoms with van der Waals surface area (Å²) in [6, 6.07) is 7.44. The van der Waals surface area contributed by atoms with Crippen molar-refractivity contribution < 1.29 is 18.2 Å². The molecule has 0 radical (unpaired) electrons. The van der Waals surface area contributed by atoms with Gasteiger partial charge in [-0.2, -0.15) is 0 Å². The van der Waals surface area contributed by atoms with Gasteiger partial charge < -0.3 is 13.9 Å². The molecule has 1 aromatic carbocycles. The van der Waals surface area contributed by atoms with E-state index in [2.05, 4.69) is 10.3 Å². The first-order valence-corrected chi connectivity index (χ1v) is 9.07. The van der Waals surface area contributed by atoms with Crippen LogP contribution in [0.4, 0.5) is 4.39 Å². The fourth-order valence-corrected chi connectivity index (χ4v) is 3.69. The molecule has 0 N–H and O–H groups in total. The van der Waals surface area contributed by atoms with Gasteiger partial charge in [0, 0.05) is 30.2 Å². The highest BCUT2D eigenvalue weighted by atomic mass is 19.1. The maximum Gasteiger partial charge on any atom is 0.293 e. The van der Waals surface area contributed by atoms with Crippen molar-refractivity contribution in [3.05, 3.63) is 58.9 Å². The molecule has 140 valence electrons. The van der Waals surface area contributed by atoms with Gasteiger partial charge in [-0.05, 0) is 44.0 Å². The molecule has 1 unspecified atom stereocenters. The number of carbonyl (C=O) groups excluding carboxylic acids is 1. The lowest BCUT2D eigenvalue weighted by Gasteiger charge is -2.23. The van der Waals surface area contributed by atoms with E-state index in [0.29, 0.717) is 17.8 Å². The predicted octanol–water partition coefficient (Wildman–Crippen LogP) is 4.32. The van der Waals surface area contributed by atoms with E-state index in [1.54, 1.807) is 23.1 Å². The minimum atomic E-state index is -0.325. The summed E-state index contributed by atoms with van der Waals surface area (Å²) in [5.41, 5.74) is 3.02. The second-order valence-electron chi connectivity index (χ2n) is 6.70. The van der Waals surface area contributed by atoms with Crippen LogP contribution in [0.2, 0.25) is 0 Å². The highest BCUT2D eigenvalue weighted by Gasteiger charge is 2.36. The number of nitrogens with zero attached hydrogens (tertiary/aromatic N) is 3. The van der Waals surface area contributed by atoms with Crippen LogP contribution in [0.5, 0.6) is 0 Å². The standard InChI is InChI=1S/C20H20FN3O3/c1-3-17-19(12(2)22-26-17)16-5-4-10-24(16)20(25)18-11-15(23-27-18)13-6-8-14(21)9-7-13/h6-9,11,16H,3-5,10H2,1-2H3. The SMILES string of the molecule is CCc1onc(C)c1C1CCCN1C(=O)c1cc(-c2ccc(F)cc2)no1. The van der Waals surface area contributed by atoms with Crippen LogP contribution in [0.15, 0.2) is 39.4 Å². The van der Waals surface area contributed by atoms with Crippen molar-refractivity contribution in [1.82, 2.24) is 15.2 Å². The number of amides is 1. The molecule has 1 atom stereocenters. The molecule has 6 nitrogen and oxygen atoms in total. The Balaban J connectivity index is 1.60. The summed E-state index contributed by atoms with van der Waals surface area (Å²) >= 11 is 0. The number of aryl methyl sites for hydroxylation is 2. The summed E-state index contributed by atoms with van der Waals surface area (Å²) in [6.45, 7) is 4.56. The Morgan fingerprint density at radius 2 is 2.04 bits per heavy atom. The van der Waals surface area contributed by atoms with Gasteiger partial charge in [-0.15, -0.1) is 0 Å². The lowest BCUT2D eigenvalue weighted by atomic mass is 10.0. The van der Waals surface area contributed by atoms with E-state index >= 15 is 0 Å². The van der Waals surface area contributed by atoms with Gasteiger partial charge in [0.05, 0.1) is 11.7 Å². The van der Waals surface area contributed by atoms with Crippen molar-refractivity contribution in [1.29, 1.82) is 0 Å². The minimum Gasteiger partial charge on any atom is -0.361 e. The van der Waals surface area contributed by atoms with Gasteiger partial charge in [-0.1, -0.05) is 17.2 Å². The summed E-state index contributed by atoms with van der Waals surface area (Å²) in [4.78, 5) is 14.8. The molecule has 0 spiro atoms. The zero-order chi connectivity index (χ0) is 19.0. The first kappa shape index (κ1) is 17.5. The van der Waals surface area contributed by atoms with Crippen LogP contribution in [0, 0.1) is 12.7 Å². The third-order valence-corrected chi connectivity index (χ3v) is 5.01. The molecule has 3 heterocycles. The van der Waals surface area contributed by atoms with Gasteiger partial charge in [0.2, 0.25) is 5.76 Å². The average Bonchev–Trinajstić information content (AvgIpc) is 3.40. The third-order valence-electron chi connectivity index (χ3n) is 5.01. The fourth-order valence-electron chi connectivity index (χ4n) is 3.69. The molecular weight excluding hydrogens is 349 g/mol. The van der Waals surface area contributed by atoms with Gasteiger partial charge in [0.1, 0.15) is 17.3 Å². The van der Waals surface area contributed by atoms with Gasteiger partial charge in [0.25, 0.3) is 5.91 Å². The Bertz CT molecular complexity index is 961. The fraction of sp³-hybridized carbons (Fsp3) is 0.350. The van der Waals surface area contributed by atoms with Gasteiger partial charge in [-0.25, -0.2) is 4.39 Å². The second-order valence-corrected chi connectivity index (χ2v) is 6.70. The monoisotopic (exact) mass is 369 g/mol. The van der Waals surface area contributed by atoms with E-state index in [1.807, 2.05) is 13.8 Å². The minimum absolute atomic E-state index is 0.0712. The van der Waals surface area contributed by atoms with Crippen LogP contribution >= 0.6 is 0 Å². The third kappa shape index (κ3) is 3.13. The topological polar surface area (TPSA) is 72.4 Å². The molecule has 0 saturated carbocycles. The Labute approximate surface area is 155 Å². The Morgan fingerprint density at radius 3 is 2.78 bits per heavy atom. The lowest BCUT2D eigenvalue weighted by Crippen LogP contribution is -2.30. The Kier molecular flexibility index (Phi) is 4.51. The average molecular weight is 369 g/mol. The number of rotatable bonds is 4. The van der Waals surface area contributed by atoms with Crippen LogP contribution in [0.3, 0.4) is 0 Å². The van der Waals surface area contributed by atoms with E-state index in [-0.39, 0.29) is 23.5 Å². The number of hydrogen-bond donors (Lipinski definition) is 0. The highest BCUT2D eigenvalue weighted by molar-refractivity contribution is 5.93. The first-order valence-electron chi connectivity index (χ1n) is 9.07. The van der Waals surface area contributed by atoms with Gasteiger partial charge in [-0.3, -0.25) is 4.79 Å². The van der Waals surface area contributed by atoms with Crippen molar-refractivity contribution in [2.75, 3.05) is 6.54 Å². The smallest absolute Gasteiger partial charge is 0.293 e. The molecule has 7 heteroatoms. The van der Waals surface area contributed by atoms with E-state index in [0.717, 1.165) is 36.3 Å². The number of likely N-dealkylation sites (tertiary alicyclic amines) is 1. The van der Waals surface area contributed by atoms with Crippen molar-refractivity contribution >= 4 is 5.91 Å². The maximum atomic E-state index is 13.1. The molecule has 2 aromatic heterocycles. The quantitative estimate of drug-likeness (QED) is 0.685. The van der Waals surface area contributed by atoms with Crippen LogP contribution in [0.1, 0.15) is 53.4 Å². The van der Waals surface area contributed by atoms with E-state index in [9.17, 15) is 9.18 Å². The van der Waals surface area contributed by atoms with E-state index in [4.69, 9.17) is 9.05 Å². The van der Waals surface area contributed by atoms with Crippen molar-refractivity contribution in [3.8, 4) is 11.3 Å². The molecule has 1 amide bonds. The zero-order valence-electron chi connectivity index (χ0n) is 15.2.